The molecule has 2 aliphatic heterocycles. The van der Waals surface area contributed by atoms with Crippen LogP contribution in [0.2, 0.25) is 0 Å². The summed E-state index contributed by atoms with van der Waals surface area (Å²) in [5.74, 6) is 4.30. The molecule has 6 fully saturated rings. The largest absolute Gasteiger partial charge is 0.369 e. The van der Waals surface area contributed by atoms with Gasteiger partial charge in [0.15, 0.2) is 5.78 Å². The van der Waals surface area contributed by atoms with Crippen LogP contribution in [0.15, 0.2) is 11.6 Å². The molecule has 0 aromatic carbocycles. The van der Waals surface area contributed by atoms with Gasteiger partial charge in [-0.2, -0.15) is 0 Å². The van der Waals surface area contributed by atoms with Gasteiger partial charge >= 0.3 is 0 Å². The Balaban J connectivity index is 1.24. The summed E-state index contributed by atoms with van der Waals surface area (Å²) in [6, 6.07) is 0.558. The SMILES string of the molecule is C[C@@H]1CN[C@H]2[C@@H](C)[C@@]3(CC[C@H]4[C@@H]5CCC6=CC(=O)CC[C@]6(C)[C@H]5C[C@@]45CC53C)O[C@@H]2C1. The van der Waals surface area contributed by atoms with Crippen LogP contribution in [0.25, 0.3) is 0 Å². The molecule has 2 spiro atoms. The molecule has 1 unspecified atom stereocenters. The molecule has 0 radical (unpaired) electrons. The highest BCUT2D eigenvalue weighted by Crippen LogP contribution is 2.87. The fourth-order valence-electron chi connectivity index (χ4n) is 11.0. The Bertz CT molecular complexity index is 880. The van der Waals surface area contributed by atoms with Gasteiger partial charge < -0.3 is 10.1 Å². The average molecular weight is 424 g/mol. The van der Waals surface area contributed by atoms with Crippen molar-refractivity contribution >= 4 is 5.78 Å². The molecule has 31 heavy (non-hydrogen) atoms. The summed E-state index contributed by atoms with van der Waals surface area (Å²) in [6.45, 7) is 11.2. The predicted molar refractivity (Wildman–Crippen MR) is 121 cm³/mol. The maximum Gasteiger partial charge on any atom is 0.155 e. The van der Waals surface area contributed by atoms with Gasteiger partial charge in [-0.3, -0.25) is 4.79 Å². The number of ether oxygens (including phenoxy) is 1. The van der Waals surface area contributed by atoms with Crippen LogP contribution in [0.4, 0.5) is 0 Å². The lowest BCUT2D eigenvalue weighted by Crippen LogP contribution is -2.53. The Labute approximate surface area is 188 Å². The van der Waals surface area contributed by atoms with Crippen molar-refractivity contribution in [1.29, 1.82) is 0 Å². The fraction of sp³-hybridized carbons (Fsp3) is 0.893. The highest BCUT2D eigenvalue weighted by atomic mass is 16.5. The van der Waals surface area contributed by atoms with Crippen LogP contribution in [0.5, 0.6) is 0 Å². The second-order valence-corrected chi connectivity index (χ2v) is 13.5. The first kappa shape index (κ1) is 19.8. The average Bonchev–Trinajstić information content (AvgIpc) is 3.08. The number of carbonyl (C=O) groups is 1. The third-order valence-corrected chi connectivity index (χ3v) is 12.6. The van der Waals surface area contributed by atoms with E-state index in [4.69, 9.17) is 4.74 Å². The summed E-state index contributed by atoms with van der Waals surface area (Å²) in [4.78, 5) is 12.2. The molecule has 11 atom stereocenters. The van der Waals surface area contributed by atoms with E-state index in [2.05, 4.69) is 39.1 Å². The molecule has 3 nitrogen and oxygen atoms in total. The van der Waals surface area contributed by atoms with Crippen molar-refractivity contribution in [3.05, 3.63) is 11.6 Å². The maximum atomic E-state index is 12.2. The number of rotatable bonds is 0. The standard InChI is InChI=1S/C28H41NO2/c1-16-11-23-24(29-14-16)17(2)28(31-23)10-8-21-20-6-5-18-12-19(30)7-9-25(18,3)22(20)13-27(21)15-26(27,28)4/h12,16-17,20-24,29H,5-11,13-15H2,1-4H3/t16-,17+,20-,21-,22-,23+,24-,25-,26?,27+,28+/m0/s1. The van der Waals surface area contributed by atoms with Crippen LogP contribution < -0.4 is 5.32 Å². The number of nitrogens with one attached hydrogen (secondary N) is 1. The minimum absolute atomic E-state index is 0.0888. The molecule has 1 N–H and O–H groups in total. The first-order chi connectivity index (χ1) is 14.7. The van der Waals surface area contributed by atoms with E-state index in [9.17, 15) is 4.79 Å². The monoisotopic (exact) mass is 423 g/mol. The minimum Gasteiger partial charge on any atom is -0.369 e. The lowest BCUT2D eigenvalue weighted by molar-refractivity contribution is -0.147. The van der Waals surface area contributed by atoms with E-state index < -0.39 is 0 Å². The molecule has 0 aromatic rings. The van der Waals surface area contributed by atoms with Crippen molar-refractivity contribution < 1.29 is 9.53 Å². The minimum atomic E-state index is 0.0888. The third-order valence-electron chi connectivity index (χ3n) is 12.6. The first-order valence-corrected chi connectivity index (χ1v) is 13.4. The van der Waals surface area contributed by atoms with Gasteiger partial charge in [0, 0.05) is 23.8 Å². The maximum absolute atomic E-state index is 12.2. The van der Waals surface area contributed by atoms with Crippen molar-refractivity contribution in [1.82, 2.24) is 5.32 Å². The molecule has 3 heteroatoms. The van der Waals surface area contributed by atoms with E-state index in [0.29, 0.717) is 34.7 Å². The number of ketones is 1. The number of fused-ring (bicyclic) bond motifs is 6. The van der Waals surface area contributed by atoms with Gasteiger partial charge in [0.2, 0.25) is 0 Å². The van der Waals surface area contributed by atoms with E-state index in [1.807, 2.05) is 0 Å². The summed E-state index contributed by atoms with van der Waals surface area (Å²) in [5, 5.41) is 3.90. The normalized spacial score (nSPS) is 61.7. The second-order valence-electron chi connectivity index (χ2n) is 13.5. The molecule has 7 aliphatic rings. The van der Waals surface area contributed by atoms with Crippen molar-refractivity contribution in [3.63, 3.8) is 0 Å². The zero-order valence-electron chi connectivity index (χ0n) is 20.0. The lowest BCUT2D eigenvalue weighted by atomic mass is 9.56. The van der Waals surface area contributed by atoms with Crippen LogP contribution in [0, 0.1) is 45.8 Å². The summed E-state index contributed by atoms with van der Waals surface area (Å²) < 4.78 is 7.22. The van der Waals surface area contributed by atoms with Crippen molar-refractivity contribution in [2.75, 3.05) is 6.54 Å². The highest BCUT2D eigenvalue weighted by molar-refractivity contribution is 5.91. The Morgan fingerprint density at radius 2 is 1.94 bits per heavy atom. The van der Waals surface area contributed by atoms with Crippen LogP contribution >= 0.6 is 0 Å². The van der Waals surface area contributed by atoms with E-state index in [-0.39, 0.29) is 11.0 Å². The molecule has 5 aliphatic carbocycles. The molecule has 170 valence electrons. The molecule has 0 bridgehead atoms. The van der Waals surface area contributed by atoms with Gasteiger partial charge in [0.1, 0.15) is 0 Å². The van der Waals surface area contributed by atoms with Crippen LogP contribution in [-0.2, 0) is 9.53 Å². The zero-order valence-corrected chi connectivity index (χ0v) is 20.0. The topological polar surface area (TPSA) is 38.3 Å². The van der Waals surface area contributed by atoms with E-state index in [0.717, 1.165) is 43.1 Å². The number of allylic oxidation sites excluding steroid dienone is 2. The van der Waals surface area contributed by atoms with Gasteiger partial charge in [-0.05, 0) is 98.5 Å². The van der Waals surface area contributed by atoms with Gasteiger partial charge in [0.05, 0.1) is 11.7 Å². The second kappa shape index (κ2) is 5.87. The lowest BCUT2D eigenvalue weighted by Gasteiger charge is -2.50. The number of hydrogen-bond donors (Lipinski definition) is 1. The quantitative estimate of drug-likeness (QED) is 0.575. The molecule has 2 heterocycles. The Kier molecular flexibility index (Phi) is 3.74. The number of hydrogen-bond acceptors (Lipinski definition) is 3. The summed E-state index contributed by atoms with van der Waals surface area (Å²) >= 11 is 0. The Morgan fingerprint density at radius 3 is 2.77 bits per heavy atom. The smallest absolute Gasteiger partial charge is 0.155 e. The van der Waals surface area contributed by atoms with E-state index in [1.165, 1.54) is 50.5 Å². The molecule has 0 amide bonds. The number of piperidine rings is 1. The van der Waals surface area contributed by atoms with E-state index in [1.54, 1.807) is 0 Å². The fourth-order valence-corrected chi connectivity index (χ4v) is 11.0. The molecule has 4 saturated carbocycles. The van der Waals surface area contributed by atoms with Gasteiger partial charge in [0.25, 0.3) is 0 Å². The van der Waals surface area contributed by atoms with E-state index >= 15 is 0 Å². The summed E-state index contributed by atoms with van der Waals surface area (Å²) in [6.07, 6.45) is 13.6. The predicted octanol–water partition coefficient (Wildman–Crippen LogP) is 5.29. The highest BCUT2D eigenvalue weighted by Gasteiger charge is 2.84. The summed E-state index contributed by atoms with van der Waals surface area (Å²) in [5.41, 5.74) is 2.74. The Morgan fingerprint density at radius 1 is 1.10 bits per heavy atom. The van der Waals surface area contributed by atoms with Crippen molar-refractivity contribution in [2.45, 2.75) is 103 Å². The molecule has 0 aromatic heterocycles. The molecular formula is C28H41NO2. The van der Waals surface area contributed by atoms with Crippen LogP contribution in [0.3, 0.4) is 0 Å². The Hall–Kier alpha value is -0.670. The summed E-state index contributed by atoms with van der Waals surface area (Å²) in [7, 11) is 0. The molecular weight excluding hydrogens is 382 g/mol. The third kappa shape index (κ3) is 2.13. The zero-order chi connectivity index (χ0) is 21.4. The van der Waals surface area contributed by atoms with Crippen LogP contribution in [-0.4, -0.2) is 30.1 Å². The van der Waals surface area contributed by atoms with Crippen LogP contribution in [0.1, 0.15) is 85.5 Å². The number of carbonyl (C=O) groups excluding carboxylic acids is 1. The molecule has 2 saturated heterocycles. The van der Waals surface area contributed by atoms with Gasteiger partial charge in [-0.15, -0.1) is 0 Å². The first-order valence-electron chi connectivity index (χ1n) is 13.4. The van der Waals surface area contributed by atoms with Crippen molar-refractivity contribution in [2.24, 2.45) is 45.8 Å². The van der Waals surface area contributed by atoms with Gasteiger partial charge in [-0.1, -0.05) is 33.3 Å². The van der Waals surface area contributed by atoms with Gasteiger partial charge in [-0.25, -0.2) is 0 Å². The van der Waals surface area contributed by atoms with Crippen molar-refractivity contribution in [3.8, 4) is 0 Å². The molecule has 7 rings (SSSR count).